The van der Waals surface area contributed by atoms with Gasteiger partial charge in [-0.1, -0.05) is 12.6 Å². The van der Waals surface area contributed by atoms with Crippen LogP contribution in [0.3, 0.4) is 0 Å². The molecule has 5 rings (SSSR count). The summed E-state index contributed by atoms with van der Waals surface area (Å²) in [5.41, 5.74) is 1.60. The van der Waals surface area contributed by atoms with Crippen LogP contribution >= 0.6 is 0 Å². The average Bonchev–Trinajstić information content (AvgIpc) is 3.38. The number of para-hydroxylation sites is 1. The van der Waals surface area contributed by atoms with Crippen LogP contribution < -0.4 is 14.5 Å². The molecular weight excluding hydrogens is 515 g/mol. The lowest BCUT2D eigenvalue weighted by atomic mass is 9.85. The third-order valence-electron chi connectivity index (χ3n) is 8.36. The molecule has 0 unspecified atom stereocenters. The van der Waals surface area contributed by atoms with Gasteiger partial charge in [-0.15, -0.1) is 0 Å². The number of aromatic hydroxyl groups is 1. The molecule has 0 saturated carbocycles. The molecule has 2 aliphatic heterocycles. The van der Waals surface area contributed by atoms with E-state index in [4.69, 9.17) is 14.7 Å². The van der Waals surface area contributed by atoms with E-state index in [1.165, 1.54) is 36.2 Å². The van der Waals surface area contributed by atoms with Crippen LogP contribution in [0.25, 0.3) is 0 Å². The Labute approximate surface area is 234 Å². The van der Waals surface area contributed by atoms with Gasteiger partial charge in [-0.25, -0.2) is 4.39 Å². The minimum Gasteiger partial charge on any atom is -0.506 e. The normalized spacial score (nSPS) is 21.2. The summed E-state index contributed by atoms with van der Waals surface area (Å²) in [6, 6.07) is 4.58. The molecule has 2 aromatic rings. The van der Waals surface area contributed by atoms with Gasteiger partial charge < -0.3 is 29.4 Å². The summed E-state index contributed by atoms with van der Waals surface area (Å²) >= 11 is 0. The lowest BCUT2D eigenvalue weighted by Gasteiger charge is -2.37. The Morgan fingerprint density at radius 2 is 1.98 bits per heavy atom. The number of fused-ring (bicyclic) bond motifs is 1. The summed E-state index contributed by atoms with van der Waals surface area (Å²) in [6.07, 6.45) is 5.00. The highest BCUT2D eigenvalue weighted by Gasteiger charge is 2.34. The lowest BCUT2D eigenvalue weighted by Crippen LogP contribution is -2.49. The maximum absolute atomic E-state index is 14.5. The number of rotatable bonds is 7. The fraction of sp³-hybridized carbons (Fsp3) is 0.517. The third-order valence-corrected chi connectivity index (χ3v) is 8.36. The molecule has 1 N–H and O–H groups in total. The van der Waals surface area contributed by atoms with E-state index in [1.54, 1.807) is 4.90 Å². The van der Waals surface area contributed by atoms with Crippen LogP contribution in [0.15, 0.2) is 30.9 Å². The maximum Gasteiger partial charge on any atom is 0.318 e. The number of benzene rings is 1. The number of hydrogen-bond donors (Lipinski definition) is 1. The zero-order chi connectivity index (χ0) is 28.4. The molecule has 2 atom stereocenters. The summed E-state index contributed by atoms with van der Waals surface area (Å²) in [5, 5.41) is 10.2. The number of halogens is 1. The zero-order valence-electron chi connectivity index (χ0n) is 23.2. The molecule has 1 aliphatic carbocycles. The van der Waals surface area contributed by atoms with Crippen molar-refractivity contribution in [1.29, 1.82) is 0 Å². The van der Waals surface area contributed by atoms with Crippen LogP contribution in [-0.4, -0.2) is 96.2 Å². The van der Waals surface area contributed by atoms with Crippen molar-refractivity contribution >= 4 is 23.3 Å². The standard InChI is InChI=1S/C29H37FN6O4/c1-4-25(38)35-13-15-36(16-14-35)27-21-11-10-19(28(39)34(3)26-22(30)8-5-9-24(26)37)17-23(21)31-29(32-27)40-18-20-7-6-12-33(20)2/h4-5,8-9,19-20,37H,1,6-7,10-18H2,2-3H3/t19-,20+/m1/s1. The van der Waals surface area contributed by atoms with E-state index in [-0.39, 0.29) is 29.3 Å². The van der Waals surface area contributed by atoms with Gasteiger partial charge >= 0.3 is 6.01 Å². The van der Waals surface area contributed by atoms with Crippen molar-refractivity contribution in [3.05, 3.63) is 47.9 Å². The molecule has 1 aromatic carbocycles. The molecule has 3 aliphatic rings. The van der Waals surface area contributed by atoms with Crippen LogP contribution in [0, 0.1) is 11.7 Å². The lowest BCUT2D eigenvalue weighted by molar-refractivity contribution is -0.126. The van der Waals surface area contributed by atoms with Crippen molar-refractivity contribution in [2.75, 3.05) is 63.2 Å². The number of nitrogens with zero attached hydrogens (tertiary/aromatic N) is 6. The number of piperazine rings is 1. The van der Waals surface area contributed by atoms with E-state index >= 15 is 0 Å². The molecule has 2 amide bonds. The van der Waals surface area contributed by atoms with Crippen molar-refractivity contribution in [3.63, 3.8) is 0 Å². The van der Waals surface area contributed by atoms with Gasteiger partial charge in [0.2, 0.25) is 11.8 Å². The summed E-state index contributed by atoms with van der Waals surface area (Å²) in [4.78, 5) is 42.6. The van der Waals surface area contributed by atoms with Crippen LogP contribution in [0.5, 0.6) is 11.8 Å². The van der Waals surface area contributed by atoms with Crippen molar-refractivity contribution in [3.8, 4) is 11.8 Å². The summed E-state index contributed by atoms with van der Waals surface area (Å²) < 4.78 is 20.6. The zero-order valence-corrected chi connectivity index (χ0v) is 23.2. The van der Waals surface area contributed by atoms with Gasteiger partial charge in [-0.3, -0.25) is 9.59 Å². The van der Waals surface area contributed by atoms with Crippen LogP contribution in [0.2, 0.25) is 0 Å². The first kappa shape index (κ1) is 27.8. The second kappa shape index (κ2) is 11.8. The number of likely N-dealkylation sites (tertiary alicyclic amines) is 1. The highest BCUT2D eigenvalue weighted by Crippen LogP contribution is 2.36. The van der Waals surface area contributed by atoms with Crippen molar-refractivity contribution in [2.45, 2.75) is 38.1 Å². The van der Waals surface area contributed by atoms with Gasteiger partial charge in [0.15, 0.2) is 5.82 Å². The number of carbonyl (C=O) groups is 2. The number of ether oxygens (including phenoxy) is 1. The molecule has 3 heterocycles. The molecule has 40 heavy (non-hydrogen) atoms. The number of likely N-dealkylation sites (N-methyl/N-ethyl adjacent to an activating group) is 1. The second-order valence-electron chi connectivity index (χ2n) is 10.8. The van der Waals surface area contributed by atoms with E-state index in [0.717, 1.165) is 36.5 Å². The van der Waals surface area contributed by atoms with E-state index in [0.29, 0.717) is 58.1 Å². The van der Waals surface area contributed by atoms with Crippen molar-refractivity contribution in [1.82, 2.24) is 19.8 Å². The minimum atomic E-state index is -0.654. The van der Waals surface area contributed by atoms with Gasteiger partial charge in [0.1, 0.15) is 23.9 Å². The predicted molar refractivity (Wildman–Crippen MR) is 149 cm³/mol. The highest BCUT2D eigenvalue weighted by molar-refractivity contribution is 5.96. The molecule has 0 spiro atoms. The summed E-state index contributed by atoms with van der Waals surface area (Å²) in [6.45, 7) is 7.46. The first-order valence-electron chi connectivity index (χ1n) is 13.9. The van der Waals surface area contributed by atoms with E-state index in [9.17, 15) is 19.1 Å². The Bertz CT molecular complexity index is 1260. The smallest absolute Gasteiger partial charge is 0.318 e. The summed E-state index contributed by atoms with van der Waals surface area (Å²) in [5.74, 6) is -0.943. The fourth-order valence-corrected chi connectivity index (χ4v) is 5.96. The molecule has 2 saturated heterocycles. The Hall–Kier alpha value is -3.73. The van der Waals surface area contributed by atoms with E-state index < -0.39 is 11.7 Å². The van der Waals surface area contributed by atoms with Gasteiger partial charge in [-0.05, 0) is 57.5 Å². The van der Waals surface area contributed by atoms with E-state index in [1.807, 2.05) is 0 Å². The van der Waals surface area contributed by atoms with Crippen molar-refractivity contribution < 1.29 is 23.8 Å². The molecule has 1 aromatic heterocycles. The van der Waals surface area contributed by atoms with Crippen LogP contribution in [0.4, 0.5) is 15.9 Å². The first-order chi connectivity index (χ1) is 19.3. The monoisotopic (exact) mass is 552 g/mol. The number of hydrogen-bond acceptors (Lipinski definition) is 8. The molecular formula is C29H37FN6O4. The third kappa shape index (κ3) is 5.60. The number of anilines is 2. The number of carbonyl (C=O) groups excluding carboxylic acids is 2. The molecule has 0 bridgehead atoms. The number of aromatic nitrogens is 2. The maximum atomic E-state index is 14.5. The Kier molecular flexibility index (Phi) is 8.20. The SMILES string of the molecule is C=CC(=O)N1CCN(c2nc(OC[C@@H]3CCCN3C)nc3c2CC[C@@H](C(=O)N(C)c2c(O)cccc2F)C3)CC1. The van der Waals surface area contributed by atoms with Crippen LogP contribution in [0.1, 0.15) is 30.5 Å². The predicted octanol–water partition coefficient (Wildman–Crippen LogP) is 2.40. The fourth-order valence-electron chi connectivity index (χ4n) is 5.96. The van der Waals surface area contributed by atoms with Gasteiger partial charge in [0.25, 0.3) is 0 Å². The molecule has 11 heteroatoms. The minimum absolute atomic E-state index is 0.0829. The Balaban J connectivity index is 1.39. The van der Waals surface area contributed by atoms with Gasteiger partial charge in [0, 0.05) is 57.2 Å². The molecule has 10 nitrogen and oxygen atoms in total. The average molecular weight is 553 g/mol. The molecule has 0 radical (unpaired) electrons. The second-order valence-corrected chi connectivity index (χ2v) is 10.8. The van der Waals surface area contributed by atoms with Gasteiger partial charge in [-0.2, -0.15) is 9.97 Å². The first-order valence-corrected chi connectivity index (χ1v) is 13.9. The highest BCUT2D eigenvalue weighted by atomic mass is 19.1. The number of amides is 2. The van der Waals surface area contributed by atoms with E-state index in [2.05, 4.69) is 23.4 Å². The van der Waals surface area contributed by atoms with Gasteiger partial charge in [0.05, 0.1) is 5.69 Å². The largest absolute Gasteiger partial charge is 0.506 e. The summed E-state index contributed by atoms with van der Waals surface area (Å²) in [7, 11) is 3.57. The Morgan fingerprint density at radius 1 is 1.20 bits per heavy atom. The quantitative estimate of drug-likeness (QED) is 0.523. The van der Waals surface area contributed by atoms with Crippen LogP contribution in [-0.2, 0) is 22.4 Å². The Morgan fingerprint density at radius 3 is 2.65 bits per heavy atom. The number of phenolic OH excluding ortho intramolecular Hbond substituents is 1. The topological polar surface area (TPSA) is 102 Å². The van der Waals surface area contributed by atoms with Crippen molar-refractivity contribution in [2.24, 2.45) is 5.92 Å². The molecule has 214 valence electrons. The number of phenols is 1. The molecule has 2 fully saturated rings.